The fourth-order valence-corrected chi connectivity index (χ4v) is 2.50. The lowest BCUT2D eigenvalue weighted by atomic mass is 9.91. The van der Waals surface area contributed by atoms with E-state index in [-0.39, 0.29) is 23.2 Å². The number of carbonyl (C=O) groups is 1. The van der Waals surface area contributed by atoms with Crippen LogP contribution in [0.4, 0.5) is 0 Å². The van der Waals surface area contributed by atoms with Crippen molar-refractivity contribution in [3.05, 3.63) is 0 Å². The summed E-state index contributed by atoms with van der Waals surface area (Å²) >= 11 is 0. The largest absolute Gasteiger partial charge is 0.409 e. The highest BCUT2D eigenvalue weighted by molar-refractivity contribution is 6.02. The first-order valence-corrected chi connectivity index (χ1v) is 6.10. The molecule has 0 spiro atoms. The van der Waals surface area contributed by atoms with Gasteiger partial charge in [-0.3, -0.25) is 4.79 Å². The molecule has 0 radical (unpaired) electrons. The van der Waals surface area contributed by atoms with E-state index in [9.17, 15) is 4.79 Å². The number of hydrogen-bond donors (Lipinski definition) is 2. The molecule has 1 rings (SSSR count). The highest BCUT2D eigenvalue weighted by Crippen LogP contribution is 2.31. The van der Waals surface area contributed by atoms with Crippen LogP contribution >= 0.6 is 0 Å². The van der Waals surface area contributed by atoms with Crippen molar-refractivity contribution < 1.29 is 10.0 Å². The number of carbonyl (C=O) groups excluding carboxylic acids is 1. The lowest BCUT2D eigenvalue weighted by Crippen LogP contribution is -2.50. The van der Waals surface area contributed by atoms with Crippen molar-refractivity contribution >= 4 is 11.7 Å². The smallest absolute Gasteiger partial charge is 0.234 e. The highest BCUT2D eigenvalue weighted by atomic mass is 16.4. The Morgan fingerprint density at radius 1 is 1.47 bits per heavy atom. The van der Waals surface area contributed by atoms with Gasteiger partial charge < -0.3 is 15.8 Å². The Labute approximate surface area is 103 Å². The van der Waals surface area contributed by atoms with Gasteiger partial charge in [0.05, 0.1) is 0 Å². The zero-order valence-corrected chi connectivity index (χ0v) is 11.1. The third-order valence-electron chi connectivity index (χ3n) is 3.53. The van der Waals surface area contributed by atoms with Crippen LogP contribution < -0.4 is 5.73 Å². The SMILES string of the molecule is CC(C)C(C(=O)N1CCCC1(C)C)C(N)=NO. The molecule has 3 N–H and O–H groups in total. The van der Waals surface area contributed by atoms with Gasteiger partial charge in [0.15, 0.2) is 5.84 Å². The van der Waals surface area contributed by atoms with Gasteiger partial charge in [-0.2, -0.15) is 0 Å². The molecule has 5 heteroatoms. The summed E-state index contributed by atoms with van der Waals surface area (Å²) in [5.74, 6) is -0.530. The van der Waals surface area contributed by atoms with Crippen molar-refractivity contribution in [3.8, 4) is 0 Å². The van der Waals surface area contributed by atoms with E-state index < -0.39 is 5.92 Å². The van der Waals surface area contributed by atoms with Gasteiger partial charge in [0.25, 0.3) is 0 Å². The summed E-state index contributed by atoms with van der Waals surface area (Å²) in [7, 11) is 0. The number of hydrogen-bond acceptors (Lipinski definition) is 3. The van der Waals surface area contributed by atoms with Gasteiger partial charge in [0.2, 0.25) is 5.91 Å². The molecule has 1 amide bonds. The van der Waals surface area contributed by atoms with Crippen LogP contribution in [0.1, 0.15) is 40.5 Å². The summed E-state index contributed by atoms with van der Waals surface area (Å²) in [6.45, 7) is 8.68. The molecule has 0 aromatic rings. The van der Waals surface area contributed by atoms with Crippen LogP contribution in [-0.2, 0) is 4.79 Å². The monoisotopic (exact) mass is 241 g/mol. The molecule has 0 saturated carbocycles. The third-order valence-corrected chi connectivity index (χ3v) is 3.53. The predicted molar refractivity (Wildman–Crippen MR) is 66.8 cm³/mol. The predicted octanol–water partition coefficient (Wildman–Crippen LogP) is 1.41. The normalized spacial score (nSPS) is 21.9. The summed E-state index contributed by atoms with van der Waals surface area (Å²) in [6.07, 6.45) is 2.01. The Kier molecular flexibility index (Phi) is 4.01. The van der Waals surface area contributed by atoms with Gasteiger partial charge in [0, 0.05) is 12.1 Å². The maximum absolute atomic E-state index is 12.5. The van der Waals surface area contributed by atoms with Crippen LogP contribution in [0, 0.1) is 11.8 Å². The third kappa shape index (κ3) is 2.70. The van der Waals surface area contributed by atoms with E-state index in [4.69, 9.17) is 10.9 Å². The summed E-state index contributed by atoms with van der Waals surface area (Å²) < 4.78 is 0. The molecule has 1 saturated heterocycles. The van der Waals surface area contributed by atoms with Crippen molar-refractivity contribution in [2.24, 2.45) is 22.7 Å². The molecule has 1 heterocycles. The molecule has 17 heavy (non-hydrogen) atoms. The topological polar surface area (TPSA) is 78.9 Å². The Balaban J connectivity index is 2.93. The Bertz CT molecular complexity index is 324. The fourth-order valence-electron chi connectivity index (χ4n) is 2.50. The molecule has 0 aliphatic carbocycles. The zero-order chi connectivity index (χ0) is 13.2. The minimum atomic E-state index is -0.530. The van der Waals surface area contributed by atoms with Crippen molar-refractivity contribution in [2.75, 3.05) is 6.54 Å². The standard InChI is InChI=1S/C12H23N3O2/c1-8(2)9(10(13)14-17)11(16)15-7-5-6-12(15,3)4/h8-9,17H,5-7H2,1-4H3,(H2,13,14). The lowest BCUT2D eigenvalue weighted by molar-refractivity contribution is -0.137. The molecular formula is C12H23N3O2. The van der Waals surface area contributed by atoms with Crippen LogP contribution in [0.2, 0.25) is 0 Å². The molecule has 1 unspecified atom stereocenters. The van der Waals surface area contributed by atoms with Crippen LogP contribution in [0.15, 0.2) is 5.16 Å². The minimum Gasteiger partial charge on any atom is -0.409 e. The van der Waals surface area contributed by atoms with E-state index in [1.807, 2.05) is 18.7 Å². The molecule has 1 aliphatic rings. The lowest BCUT2D eigenvalue weighted by Gasteiger charge is -2.35. The van der Waals surface area contributed by atoms with E-state index in [0.717, 1.165) is 19.4 Å². The summed E-state index contributed by atoms with van der Waals surface area (Å²) in [4.78, 5) is 14.3. The second-order valence-corrected chi connectivity index (χ2v) is 5.65. The van der Waals surface area contributed by atoms with Gasteiger partial charge in [0.1, 0.15) is 5.92 Å². The molecule has 1 fully saturated rings. The number of amidine groups is 1. The van der Waals surface area contributed by atoms with Crippen molar-refractivity contribution in [3.63, 3.8) is 0 Å². The molecule has 0 bridgehead atoms. The van der Waals surface area contributed by atoms with Crippen molar-refractivity contribution in [2.45, 2.75) is 46.1 Å². The molecular weight excluding hydrogens is 218 g/mol. The average Bonchev–Trinajstić information content (AvgIpc) is 2.57. The summed E-state index contributed by atoms with van der Waals surface area (Å²) in [5.41, 5.74) is 5.50. The Morgan fingerprint density at radius 3 is 2.41 bits per heavy atom. The second kappa shape index (κ2) is 4.94. The van der Waals surface area contributed by atoms with Gasteiger partial charge in [-0.05, 0) is 32.6 Å². The van der Waals surface area contributed by atoms with Crippen molar-refractivity contribution in [1.82, 2.24) is 4.90 Å². The number of nitrogens with two attached hydrogens (primary N) is 1. The van der Waals surface area contributed by atoms with Gasteiger partial charge in [-0.15, -0.1) is 0 Å². The average molecular weight is 241 g/mol. The minimum absolute atomic E-state index is 0.00713. The molecule has 0 aromatic carbocycles. The van der Waals surface area contributed by atoms with Crippen LogP contribution in [0.5, 0.6) is 0 Å². The molecule has 1 aliphatic heterocycles. The number of rotatable bonds is 3. The first-order chi connectivity index (χ1) is 7.81. The zero-order valence-electron chi connectivity index (χ0n) is 11.1. The quantitative estimate of drug-likeness (QED) is 0.339. The molecule has 98 valence electrons. The number of amides is 1. The van der Waals surface area contributed by atoms with E-state index in [2.05, 4.69) is 19.0 Å². The van der Waals surface area contributed by atoms with Crippen LogP contribution in [-0.4, -0.2) is 33.9 Å². The number of oxime groups is 1. The Hall–Kier alpha value is -1.26. The van der Waals surface area contributed by atoms with E-state index in [0.29, 0.717) is 0 Å². The fraction of sp³-hybridized carbons (Fsp3) is 0.833. The van der Waals surface area contributed by atoms with E-state index in [1.165, 1.54) is 0 Å². The van der Waals surface area contributed by atoms with Gasteiger partial charge in [-0.1, -0.05) is 19.0 Å². The van der Waals surface area contributed by atoms with Gasteiger partial charge >= 0.3 is 0 Å². The first-order valence-electron chi connectivity index (χ1n) is 6.10. The summed E-state index contributed by atoms with van der Waals surface area (Å²) in [5, 5.41) is 11.8. The molecule has 0 aromatic heterocycles. The van der Waals surface area contributed by atoms with Crippen LogP contribution in [0.3, 0.4) is 0 Å². The number of nitrogens with zero attached hydrogens (tertiary/aromatic N) is 2. The molecule has 5 nitrogen and oxygen atoms in total. The second-order valence-electron chi connectivity index (χ2n) is 5.65. The van der Waals surface area contributed by atoms with E-state index in [1.54, 1.807) is 0 Å². The van der Waals surface area contributed by atoms with Gasteiger partial charge in [-0.25, -0.2) is 0 Å². The maximum atomic E-state index is 12.5. The first kappa shape index (κ1) is 13.8. The highest BCUT2D eigenvalue weighted by Gasteiger charge is 2.40. The Morgan fingerprint density at radius 2 is 2.06 bits per heavy atom. The maximum Gasteiger partial charge on any atom is 0.234 e. The van der Waals surface area contributed by atoms with E-state index >= 15 is 0 Å². The number of likely N-dealkylation sites (tertiary alicyclic amines) is 1. The molecule has 1 atom stereocenters. The van der Waals surface area contributed by atoms with Crippen molar-refractivity contribution in [1.29, 1.82) is 0 Å². The van der Waals surface area contributed by atoms with Crippen LogP contribution in [0.25, 0.3) is 0 Å². The summed E-state index contributed by atoms with van der Waals surface area (Å²) in [6, 6.07) is 0.